The average Bonchev–Trinajstić information content (AvgIpc) is 3.09. The van der Waals surface area contributed by atoms with Gasteiger partial charge in [-0.25, -0.2) is 4.79 Å². The molecule has 1 fully saturated rings. The molecular formula is C23H27N3O4. The molecule has 30 heavy (non-hydrogen) atoms. The molecule has 1 saturated heterocycles. The fourth-order valence-corrected chi connectivity index (χ4v) is 4.63. The van der Waals surface area contributed by atoms with Crippen molar-refractivity contribution in [3.05, 3.63) is 52.4 Å². The number of nitrogens with one attached hydrogen (secondary N) is 1. The van der Waals surface area contributed by atoms with Gasteiger partial charge in [-0.05, 0) is 43.5 Å². The van der Waals surface area contributed by atoms with Gasteiger partial charge in [0.05, 0.1) is 18.1 Å². The lowest BCUT2D eigenvalue weighted by atomic mass is 10.0. The van der Waals surface area contributed by atoms with Crippen LogP contribution in [0.25, 0.3) is 11.0 Å². The quantitative estimate of drug-likeness (QED) is 0.717. The number of benzene rings is 2. The molecule has 3 heterocycles. The number of hydrogen-bond donors (Lipinski definition) is 1. The molecule has 7 nitrogen and oxygen atoms in total. The van der Waals surface area contributed by atoms with E-state index in [1.807, 2.05) is 47.9 Å². The Hall–Kier alpha value is -2.93. The highest BCUT2D eigenvalue weighted by Crippen LogP contribution is 2.35. The first-order chi connectivity index (χ1) is 14.6. The summed E-state index contributed by atoms with van der Waals surface area (Å²) < 4.78 is 19.3. The molecule has 2 aromatic carbocycles. The third-order valence-electron chi connectivity index (χ3n) is 6.19. The van der Waals surface area contributed by atoms with E-state index in [0.717, 1.165) is 66.3 Å². The van der Waals surface area contributed by atoms with Crippen molar-refractivity contribution in [1.82, 2.24) is 14.5 Å². The van der Waals surface area contributed by atoms with Crippen molar-refractivity contribution in [3.63, 3.8) is 0 Å². The van der Waals surface area contributed by atoms with Crippen molar-refractivity contribution in [3.8, 4) is 17.2 Å². The van der Waals surface area contributed by atoms with Gasteiger partial charge >= 0.3 is 5.69 Å². The van der Waals surface area contributed by atoms with E-state index >= 15 is 0 Å². The molecule has 1 unspecified atom stereocenters. The number of aromatic amines is 1. The largest absolute Gasteiger partial charge is 0.497 e. The van der Waals surface area contributed by atoms with Crippen LogP contribution in [-0.4, -0.2) is 53.9 Å². The number of likely N-dealkylation sites (tertiary alicyclic amines) is 1. The molecule has 1 aromatic heterocycles. The summed E-state index contributed by atoms with van der Waals surface area (Å²) >= 11 is 0. The normalized spacial score (nSPS) is 19.9. The van der Waals surface area contributed by atoms with Gasteiger partial charge in [0.2, 0.25) is 0 Å². The molecule has 0 bridgehead atoms. The minimum Gasteiger partial charge on any atom is -0.497 e. The molecule has 1 atom stereocenters. The van der Waals surface area contributed by atoms with Gasteiger partial charge in [0.25, 0.3) is 0 Å². The van der Waals surface area contributed by atoms with E-state index in [4.69, 9.17) is 14.2 Å². The number of H-pyrrole nitrogens is 1. The maximum absolute atomic E-state index is 12.6. The highest BCUT2D eigenvalue weighted by molar-refractivity contribution is 5.77. The number of fused-ring (bicyclic) bond motifs is 2. The summed E-state index contributed by atoms with van der Waals surface area (Å²) in [6.07, 6.45) is 1.89. The van der Waals surface area contributed by atoms with Crippen molar-refractivity contribution in [2.45, 2.75) is 31.9 Å². The van der Waals surface area contributed by atoms with Crippen LogP contribution in [0.15, 0.2) is 41.2 Å². The minimum atomic E-state index is -0.0484. The second-order valence-corrected chi connectivity index (χ2v) is 8.17. The van der Waals surface area contributed by atoms with Gasteiger partial charge in [-0.15, -0.1) is 0 Å². The number of methoxy groups -OCH3 is 1. The maximum atomic E-state index is 12.6. The lowest BCUT2D eigenvalue weighted by molar-refractivity contribution is 0.0481. The number of rotatable bonds is 4. The molecular weight excluding hydrogens is 382 g/mol. The van der Waals surface area contributed by atoms with E-state index in [-0.39, 0.29) is 17.8 Å². The Morgan fingerprint density at radius 2 is 2.03 bits per heavy atom. The van der Waals surface area contributed by atoms with Crippen molar-refractivity contribution < 1.29 is 14.2 Å². The first kappa shape index (κ1) is 19.1. The number of piperidine rings is 1. The van der Waals surface area contributed by atoms with E-state index in [9.17, 15) is 4.79 Å². The van der Waals surface area contributed by atoms with Gasteiger partial charge in [0.1, 0.15) is 18.5 Å². The van der Waals surface area contributed by atoms with Gasteiger partial charge in [-0.2, -0.15) is 0 Å². The Labute approximate surface area is 175 Å². The summed E-state index contributed by atoms with van der Waals surface area (Å²) in [5, 5.41) is 0. The van der Waals surface area contributed by atoms with E-state index in [1.54, 1.807) is 7.11 Å². The average molecular weight is 409 g/mol. The topological polar surface area (TPSA) is 68.7 Å². The molecule has 2 aliphatic heterocycles. The van der Waals surface area contributed by atoms with Crippen molar-refractivity contribution in [2.24, 2.45) is 0 Å². The Kier molecular flexibility index (Phi) is 4.90. The maximum Gasteiger partial charge on any atom is 0.326 e. The van der Waals surface area contributed by atoms with E-state index < -0.39 is 0 Å². The predicted octanol–water partition coefficient (Wildman–Crippen LogP) is 3.12. The third kappa shape index (κ3) is 3.43. The number of imidazole rings is 1. The highest BCUT2D eigenvalue weighted by Gasteiger charge is 2.28. The molecule has 0 spiro atoms. The number of ether oxygens (including phenoxy) is 3. The van der Waals surface area contributed by atoms with Crippen LogP contribution in [0.4, 0.5) is 0 Å². The van der Waals surface area contributed by atoms with E-state index in [0.29, 0.717) is 6.61 Å². The van der Waals surface area contributed by atoms with E-state index in [1.165, 1.54) is 0 Å². The SMILES string of the molecule is COc1ccc2c(c1)[nH]c(=O)n2C1CCN(CC2COc3c(C)cccc3O2)CC1. The van der Waals surface area contributed by atoms with Gasteiger partial charge in [-0.3, -0.25) is 9.47 Å². The van der Waals surface area contributed by atoms with Crippen LogP contribution in [0.5, 0.6) is 17.2 Å². The summed E-state index contributed by atoms with van der Waals surface area (Å²) in [7, 11) is 1.63. The second-order valence-electron chi connectivity index (χ2n) is 8.17. The minimum absolute atomic E-state index is 0.0270. The predicted molar refractivity (Wildman–Crippen MR) is 115 cm³/mol. The summed E-state index contributed by atoms with van der Waals surface area (Å²) in [4.78, 5) is 18.0. The number of aromatic nitrogens is 2. The summed E-state index contributed by atoms with van der Waals surface area (Å²) in [5.74, 6) is 2.45. The molecule has 5 rings (SSSR count). The monoisotopic (exact) mass is 409 g/mol. The first-order valence-electron chi connectivity index (χ1n) is 10.5. The zero-order chi connectivity index (χ0) is 20.7. The summed E-state index contributed by atoms with van der Waals surface area (Å²) in [5.41, 5.74) is 2.82. The zero-order valence-electron chi connectivity index (χ0n) is 17.4. The van der Waals surface area contributed by atoms with Crippen LogP contribution in [0, 0.1) is 6.92 Å². The molecule has 7 heteroatoms. The standard InChI is InChI=1S/C23H27N3O4/c1-15-4-3-5-21-22(15)29-14-18(30-21)13-25-10-8-16(9-11-25)26-20-7-6-17(28-2)12-19(20)24-23(26)27/h3-7,12,16,18H,8-11,13-14H2,1-2H3,(H,24,27). The Bertz CT molecular complexity index is 1110. The molecule has 158 valence electrons. The van der Waals surface area contributed by atoms with Crippen LogP contribution in [0.3, 0.4) is 0 Å². The first-order valence-corrected chi connectivity index (χ1v) is 10.5. The van der Waals surface area contributed by atoms with E-state index in [2.05, 4.69) is 9.88 Å². The molecule has 2 aliphatic rings. The Balaban J connectivity index is 1.24. The molecule has 1 N–H and O–H groups in total. The molecule has 0 saturated carbocycles. The zero-order valence-corrected chi connectivity index (χ0v) is 17.4. The molecule has 3 aromatic rings. The fraction of sp³-hybridized carbons (Fsp3) is 0.435. The lowest BCUT2D eigenvalue weighted by Gasteiger charge is -2.36. The smallest absolute Gasteiger partial charge is 0.326 e. The van der Waals surface area contributed by atoms with Gasteiger partial charge in [0.15, 0.2) is 11.5 Å². The molecule has 0 radical (unpaired) electrons. The second kappa shape index (κ2) is 7.72. The van der Waals surface area contributed by atoms with Crippen molar-refractivity contribution in [2.75, 3.05) is 33.4 Å². The fourth-order valence-electron chi connectivity index (χ4n) is 4.63. The Morgan fingerprint density at radius 3 is 2.83 bits per heavy atom. The third-order valence-corrected chi connectivity index (χ3v) is 6.19. The van der Waals surface area contributed by atoms with Crippen molar-refractivity contribution >= 4 is 11.0 Å². The van der Waals surface area contributed by atoms with Crippen LogP contribution >= 0.6 is 0 Å². The highest BCUT2D eigenvalue weighted by atomic mass is 16.6. The lowest BCUT2D eigenvalue weighted by Crippen LogP contribution is -2.45. The van der Waals surface area contributed by atoms with Crippen molar-refractivity contribution in [1.29, 1.82) is 0 Å². The Morgan fingerprint density at radius 1 is 1.20 bits per heavy atom. The van der Waals surface area contributed by atoms with Gasteiger partial charge in [0, 0.05) is 31.7 Å². The van der Waals surface area contributed by atoms with Gasteiger partial charge < -0.3 is 19.2 Å². The summed E-state index contributed by atoms with van der Waals surface area (Å²) in [6.45, 7) is 5.30. The van der Waals surface area contributed by atoms with Crippen LogP contribution < -0.4 is 19.9 Å². The molecule has 0 aliphatic carbocycles. The number of aryl methyl sites for hydroxylation is 1. The van der Waals surface area contributed by atoms with Crippen LogP contribution in [0.1, 0.15) is 24.4 Å². The van der Waals surface area contributed by atoms with Crippen LogP contribution in [-0.2, 0) is 0 Å². The number of para-hydroxylation sites is 1. The number of hydrogen-bond acceptors (Lipinski definition) is 5. The van der Waals surface area contributed by atoms with Crippen LogP contribution in [0.2, 0.25) is 0 Å². The number of nitrogens with zero attached hydrogens (tertiary/aromatic N) is 2. The summed E-state index contributed by atoms with van der Waals surface area (Å²) in [6, 6.07) is 12.0. The van der Waals surface area contributed by atoms with Gasteiger partial charge in [-0.1, -0.05) is 12.1 Å². The molecule has 0 amide bonds.